The first-order valence-electron chi connectivity index (χ1n) is 11.7. The number of hydrogen-bond donors (Lipinski definition) is 1. The molecule has 36 heavy (non-hydrogen) atoms. The van der Waals surface area contributed by atoms with E-state index >= 15 is 4.39 Å². The van der Waals surface area contributed by atoms with Gasteiger partial charge in [-0.1, -0.05) is 18.1 Å². The summed E-state index contributed by atoms with van der Waals surface area (Å²) in [5, 5.41) is 3.82. The minimum absolute atomic E-state index is 0.0332. The van der Waals surface area contributed by atoms with Gasteiger partial charge in [-0.2, -0.15) is 4.98 Å². The molecule has 4 heterocycles. The number of nitrogens with two attached hydrogens (primary N) is 1. The summed E-state index contributed by atoms with van der Waals surface area (Å²) in [4.78, 5) is 33.9. The van der Waals surface area contributed by atoms with Crippen LogP contribution in [0.1, 0.15) is 28.8 Å². The summed E-state index contributed by atoms with van der Waals surface area (Å²) in [5.41, 5.74) is 9.27. The molecule has 1 aliphatic heterocycles. The number of aromatic nitrogens is 5. The van der Waals surface area contributed by atoms with Gasteiger partial charge in [0.05, 0.1) is 23.5 Å². The molecule has 1 amide bonds. The van der Waals surface area contributed by atoms with Crippen LogP contribution in [0.25, 0.3) is 22.4 Å². The standard InChI is InChI=1S/C25H25FN8O2/c1-2-20-23(17-4-6-21(27)28-12-17)24(30-14-29-20)16-3-5-18(19(26)11-16)25(35)34-9-7-33(8-10-34)13-22-31-15-36-32-22/h3-6,11-12,14-15H,2,7-10,13H2,1H3,(H2,27,28). The Morgan fingerprint density at radius 2 is 1.86 bits per heavy atom. The minimum Gasteiger partial charge on any atom is -0.384 e. The maximum Gasteiger partial charge on any atom is 0.256 e. The monoisotopic (exact) mass is 488 g/mol. The Kier molecular flexibility index (Phi) is 6.63. The van der Waals surface area contributed by atoms with Gasteiger partial charge in [-0.25, -0.2) is 19.3 Å². The molecule has 0 saturated carbocycles. The van der Waals surface area contributed by atoms with Crippen molar-refractivity contribution in [1.29, 1.82) is 0 Å². The maximum absolute atomic E-state index is 15.3. The molecule has 2 N–H and O–H groups in total. The molecular weight excluding hydrogens is 463 g/mol. The Morgan fingerprint density at radius 3 is 2.53 bits per heavy atom. The van der Waals surface area contributed by atoms with Crippen molar-refractivity contribution in [3.63, 3.8) is 0 Å². The summed E-state index contributed by atoms with van der Waals surface area (Å²) < 4.78 is 20.1. The molecule has 0 radical (unpaired) electrons. The van der Waals surface area contributed by atoms with E-state index in [1.165, 1.54) is 24.9 Å². The minimum atomic E-state index is -0.593. The fraction of sp³-hybridized carbons (Fsp3) is 0.280. The van der Waals surface area contributed by atoms with Crippen molar-refractivity contribution < 1.29 is 13.7 Å². The van der Waals surface area contributed by atoms with Gasteiger partial charge in [0.15, 0.2) is 5.82 Å². The van der Waals surface area contributed by atoms with Crippen LogP contribution in [0, 0.1) is 5.82 Å². The first kappa shape index (κ1) is 23.5. The zero-order chi connectivity index (χ0) is 25.1. The Balaban J connectivity index is 1.36. The molecule has 5 rings (SSSR count). The van der Waals surface area contributed by atoms with Crippen molar-refractivity contribution in [2.24, 2.45) is 0 Å². The average Bonchev–Trinajstić information content (AvgIpc) is 3.42. The molecule has 184 valence electrons. The van der Waals surface area contributed by atoms with Gasteiger partial charge in [-0.15, -0.1) is 0 Å². The number of benzene rings is 1. The number of anilines is 1. The second kappa shape index (κ2) is 10.2. The van der Waals surface area contributed by atoms with Gasteiger partial charge in [0.25, 0.3) is 5.91 Å². The lowest BCUT2D eigenvalue weighted by Gasteiger charge is -2.34. The predicted octanol–water partition coefficient (Wildman–Crippen LogP) is 2.83. The van der Waals surface area contributed by atoms with E-state index in [4.69, 9.17) is 10.3 Å². The topological polar surface area (TPSA) is 127 Å². The van der Waals surface area contributed by atoms with Gasteiger partial charge in [-0.3, -0.25) is 9.69 Å². The molecule has 0 atom stereocenters. The number of halogens is 1. The van der Waals surface area contributed by atoms with Gasteiger partial charge in [0.2, 0.25) is 6.39 Å². The highest BCUT2D eigenvalue weighted by Crippen LogP contribution is 2.33. The van der Waals surface area contributed by atoms with Crippen LogP contribution in [-0.2, 0) is 13.0 Å². The fourth-order valence-corrected chi connectivity index (χ4v) is 4.34. The van der Waals surface area contributed by atoms with E-state index < -0.39 is 5.82 Å². The molecule has 0 aliphatic carbocycles. The van der Waals surface area contributed by atoms with E-state index in [1.54, 1.807) is 23.2 Å². The molecule has 0 bridgehead atoms. The number of nitrogens with zero attached hydrogens (tertiary/aromatic N) is 7. The molecule has 1 saturated heterocycles. The highest BCUT2D eigenvalue weighted by Gasteiger charge is 2.25. The summed E-state index contributed by atoms with van der Waals surface area (Å²) >= 11 is 0. The molecule has 1 aliphatic rings. The smallest absolute Gasteiger partial charge is 0.256 e. The molecule has 10 nitrogen and oxygen atoms in total. The Hall–Kier alpha value is -4.25. The highest BCUT2D eigenvalue weighted by atomic mass is 19.1. The van der Waals surface area contributed by atoms with E-state index in [-0.39, 0.29) is 11.5 Å². The summed E-state index contributed by atoms with van der Waals surface area (Å²) in [6, 6.07) is 8.15. The SMILES string of the molecule is CCc1ncnc(-c2ccc(C(=O)N3CCN(Cc4ncon4)CC3)c(F)c2)c1-c1ccc(N)nc1. The van der Waals surface area contributed by atoms with Crippen molar-refractivity contribution in [1.82, 2.24) is 34.9 Å². The van der Waals surface area contributed by atoms with E-state index in [2.05, 4.69) is 30.0 Å². The zero-order valence-corrected chi connectivity index (χ0v) is 19.8. The number of piperazine rings is 1. The van der Waals surface area contributed by atoms with Crippen LogP contribution in [0.2, 0.25) is 0 Å². The van der Waals surface area contributed by atoms with Crippen LogP contribution in [0.3, 0.4) is 0 Å². The van der Waals surface area contributed by atoms with Crippen molar-refractivity contribution in [2.45, 2.75) is 19.9 Å². The molecule has 4 aromatic rings. The Labute approximate surface area is 207 Å². The average molecular weight is 489 g/mol. The number of rotatable bonds is 6. The van der Waals surface area contributed by atoms with Crippen molar-refractivity contribution in [3.8, 4) is 22.4 Å². The van der Waals surface area contributed by atoms with Gasteiger partial charge in [-0.05, 0) is 30.7 Å². The number of amides is 1. The number of carbonyl (C=O) groups excluding carboxylic acids is 1. The van der Waals surface area contributed by atoms with Crippen LogP contribution < -0.4 is 5.73 Å². The largest absolute Gasteiger partial charge is 0.384 e. The second-order valence-corrected chi connectivity index (χ2v) is 8.48. The van der Waals surface area contributed by atoms with E-state index in [1.807, 2.05) is 13.0 Å². The van der Waals surface area contributed by atoms with Gasteiger partial charge in [0, 0.05) is 49.1 Å². The zero-order valence-electron chi connectivity index (χ0n) is 19.8. The van der Waals surface area contributed by atoms with Gasteiger partial charge >= 0.3 is 0 Å². The molecule has 3 aromatic heterocycles. The molecule has 1 fully saturated rings. The third-order valence-electron chi connectivity index (χ3n) is 6.24. The molecule has 11 heteroatoms. The molecule has 0 unspecified atom stereocenters. The van der Waals surface area contributed by atoms with E-state index in [9.17, 15) is 4.79 Å². The number of carbonyl (C=O) groups is 1. The number of nitrogen functional groups attached to an aromatic ring is 1. The van der Waals surface area contributed by atoms with Gasteiger partial charge in [0.1, 0.15) is 18.0 Å². The van der Waals surface area contributed by atoms with Crippen LogP contribution in [0.15, 0.2) is 53.8 Å². The van der Waals surface area contributed by atoms with E-state index in [0.29, 0.717) is 62.0 Å². The third kappa shape index (κ3) is 4.78. The predicted molar refractivity (Wildman–Crippen MR) is 130 cm³/mol. The summed E-state index contributed by atoms with van der Waals surface area (Å²) in [6.45, 7) is 4.78. The van der Waals surface area contributed by atoms with Crippen molar-refractivity contribution in [2.75, 3.05) is 31.9 Å². The number of hydrogen-bond acceptors (Lipinski definition) is 9. The fourth-order valence-electron chi connectivity index (χ4n) is 4.34. The van der Waals surface area contributed by atoms with Crippen LogP contribution in [-0.4, -0.2) is 67.0 Å². The first-order valence-corrected chi connectivity index (χ1v) is 11.7. The van der Waals surface area contributed by atoms with Crippen molar-refractivity contribution in [3.05, 3.63) is 72.1 Å². The van der Waals surface area contributed by atoms with E-state index in [0.717, 1.165) is 16.8 Å². The lowest BCUT2D eigenvalue weighted by Crippen LogP contribution is -2.48. The molecule has 0 spiro atoms. The summed E-state index contributed by atoms with van der Waals surface area (Å²) in [5.74, 6) is 0.0733. The lowest BCUT2D eigenvalue weighted by atomic mass is 9.96. The van der Waals surface area contributed by atoms with Crippen molar-refractivity contribution >= 4 is 11.7 Å². The van der Waals surface area contributed by atoms with Gasteiger partial charge < -0.3 is 15.2 Å². The van der Waals surface area contributed by atoms with Crippen LogP contribution >= 0.6 is 0 Å². The number of aryl methyl sites for hydroxylation is 1. The van der Waals surface area contributed by atoms with Crippen LogP contribution in [0.5, 0.6) is 0 Å². The van der Waals surface area contributed by atoms with Crippen LogP contribution in [0.4, 0.5) is 10.2 Å². The third-order valence-corrected chi connectivity index (χ3v) is 6.24. The molecular formula is C25H25FN8O2. The summed E-state index contributed by atoms with van der Waals surface area (Å²) in [6.07, 6.45) is 5.07. The quantitative estimate of drug-likeness (QED) is 0.436. The Bertz CT molecular complexity index is 1350. The lowest BCUT2D eigenvalue weighted by molar-refractivity contribution is 0.0620. The number of pyridine rings is 1. The Morgan fingerprint density at radius 1 is 1.06 bits per heavy atom. The summed E-state index contributed by atoms with van der Waals surface area (Å²) in [7, 11) is 0. The maximum atomic E-state index is 15.3. The first-order chi connectivity index (χ1) is 17.5. The molecule has 1 aromatic carbocycles. The second-order valence-electron chi connectivity index (χ2n) is 8.48. The highest BCUT2D eigenvalue weighted by molar-refractivity contribution is 5.95. The normalized spacial score (nSPS) is 14.2.